The van der Waals surface area contributed by atoms with Crippen LogP contribution < -0.4 is 5.32 Å². The van der Waals surface area contributed by atoms with Crippen LogP contribution in [0.3, 0.4) is 0 Å². The molecule has 0 fully saturated rings. The molecule has 1 aromatic heterocycles. The van der Waals surface area contributed by atoms with E-state index in [1.165, 1.54) is 6.92 Å². The van der Waals surface area contributed by atoms with E-state index in [4.69, 9.17) is 11.6 Å². The van der Waals surface area contributed by atoms with Crippen LogP contribution in [0.5, 0.6) is 0 Å². The highest BCUT2D eigenvalue weighted by Crippen LogP contribution is 2.06. The molecule has 1 N–H and O–H groups in total. The van der Waals surface area contributed by atoms with Gasteiger partial charge in [-0.1, -0.05) is 11.6 Å². The van der Waals surface area contributed by atoms with E-state index >= 15 is 0 Å². The summed E-state index contributed by atoms with van der Waals surface area (Å²) in [5.41, 5.74) is 0.949. The van der Waals surface area contributed by atoms with Crippen molar-refractivity contribution in [3.8, 4) is 0 Å². The van der Waals surface area contributed by atoms with Crippen molar-refractivity contribution >= 4 is 17.5 Å². The molecular weight excluding hydrogens is 176 g/mol. The van der Waals surface area contributed by atoms with Crippen molar-refractivity contribution in [1.29, 1.82) is 0 Å². The van der Waals surface area contributed by atoms with Crippen LogP contribution in [-0.2, 0) is 11.3 Å². The Balaban J connectivity index is 2.57. The Kier molecular flexibility index (Phi) is 3.05. The minimum absolute atomic E-state index is 0.0528. The van der Waals surface area contributed by atoms with Gasteiger partial charge in [-0.2, -0.15) is 0 Å². The molecule has 1 amide bonds. The predicted molar refractivity (Wildman–Crippen MR) is 46.8 cm³/mol. The highest BCUT2D eigenvalue weighted by Gasteiger charge is 1.95. The van der Waals surface area contributed by atoms with Crippen LogP contribution in [0, 0.1) is 0 Å². The lowest BCUT2D eigenvalue weighted by Gasteiger charge is -2.01. The number of hydrogen-bond acceptors (Lipinski definition) is 2. The van der Waals surface area contributed by atoms with E-state index in [9.17, 15) is 4.79 Å². The summed E-state index contributed by atoms with van der Waals surface area (Å²) in [6, 6.07) is 3.53. The lowest BCUT2D eigenvalue weighted by atomic mass is 10.3. The van der Waals surface area contributed by atoms with Gasteiger partial charge in [-0.25, -0.2) is 4.98 Å². The topological polar surface area (TPSA) is 42.0 Å². The van der Waals surface area contributed by atoms with Gasteiger partial charge < -0.3 is 5.32 Å². The number of amides is 1. The minimum atomic E-state index is -0.0528. The number of rotatable bonds is 2. The number of pyridine rings is 1. The van der Waals surface area contributed by atoms with Crippen molar-refractivity contribution < 1.29 is 4.79 Å². The second kappa shape index (κ2) is 4.07. The third-order valence-corrected chi connectivity index (χ3v) is 1.54. The maximum Gasteiger partial charge on any atom is 0.217 e. The fourth-order valence-electron chi connectivity index (χ4n) is 0.779. The Bertz CT molecular complexity index is 288. The molecule has 0 unspecified atom stereocenters. The summed E-state index contributed by atoms with van der Waals surface area (Å²) in [6.07, 6.45) is 1.61. The van der Waals surface area contributed by atoms with Crippen molar-refractivity contribution in [2.45, 2.75) is 13.5 Å². The summed E-state index contributed by atoms with van der Waals surface area (Å²) in [4.78, 5) is 14.4. The molecule has 0 aliphatic carbocycles. The van der Waals surface area contributed by atoms with Crippen LogP contribution in [0.15, 0.2) is 18.3 Å². The lowest BCUT2D eigenvalue weighted by Crippen LogP contribution is -2.18. The van der Waals surface area contributed by atoms with Gasteiger partial charge in [0, 0.05) is 19.7 Å². The van der Waals surface area contributed by atoms with E-state index in [0.29, 0.717) is 11.7 Å². The Morgan fingerprint density at radius 3 is 3.08 bits per heavy atom. The van der Waals surface area contributed by atoms with E-state index in [2.05, 4.69) is 10.3 Å². The normalized spacial score (nSPS) is 9.50. The van der Waals surface area contributed by atoms with Crippen molar-refractivity contribution in [1.82, 2.24) is 10.3 Å². The van der Waals surface area contributed by atoms with Crippen LogP contribution >= 0.6 is 11.6 Å². The van der Waals surface area contributed by atoms with E-state index in [1.54, 1.807) is 12.3 Å². The third-order valence-electron chi connectivity index (χ3n) is 1.33. The van der Waals surface area contributed by atoms with Crippen molar-refractivity contribution in [2.24, 2.45) is 0 Å². The van der Waals surface area contributed by atoms with Crippen molar-refractivity contribution in [3.63, 3.8) is 0 Å². The molecule has 12 heavy (non-hydrogen) atoms. The molecule has 1 rings (SSSR count). The first-order valence-corrected chi connectivity index (χ1v) is 3.91. The Morgan fingerprint density at radius 1 is 1.75 bits per heavy atom. The average molecular weight is 185 g/mol. The Hall–Kier alpha value is -1.09. The van der Waals surface area contributed by atoms with Gasteiger partial charge in [0.1, 0.15) is 5.15 Å². The highest BCUT2D eigenvalue weighted by molar-refractivity contribution is 6.29. The maximum atomic E-state index is 10.5. The second-order valence-electron chi connectivity index (χ2n) is 2.40. The minimum Gasteiger partial charge on any atom is -0.352 e. The first-order chi connectivity index (χ1) is 5.68. The second-order valence-corrected chi connectivity index (χ2v) is 2.78. The predicted octanol–water partition coefficient (Wildman–Crippen LogP) is 1.37. The quantitative estimate of drug-likeness (QED) is 0.706. The molecule has 0 saturated carbocycles. The van der Waals surface area contributed by atoms with E-state index in [1.807, 2.05) is 6.07 Å². The van der Waals surface area contributed by atoms with Gasteiger partial charge in [-0.15, -0.1) is 0 Å². The van der Waals surface area contributed by atoms with Gasteiger partial charge in [0.15, 0.2) is 0 Å². The summed E-state index contributed by atoms with van der Waals surface area (Å²) in [5, 5.41) is 3.11. The third kappa shape index (κ3) is 2.88. The monoisotopic (exact) mass is 184 g/mol. The highest BCUT2D eigenvalue weighted by atomic mass is 35.5. The Labute approximate surface area is 75.8 Å². The SMILES string of the molecule is CC(=O)NCc1ccnc(Cl)c1. The van der Waals surface area contributed by atoms with Crippen LogP contribution in [0.1, 0.15) is 12.5 Å². The van der Waals surface area contributed by atoms with Gasteiger partial charge >= 0.3 is 0 Å². The molecule has 1 aromatic rings. The van der Waals surface area contributed by atoms with Crippen LogP contribution in [-0.4, -0.2) is 10.9 Å². The zero-order valence-corrected chi connectivity index (χ0v) is 7.43. The largest absolute Gasteiger partial charge is 0.352 e. The first kappa shape index (κ1) is 9.00. The molecule has 0 spiro atoms. The van der Waals surface area contributed by atoms with Gasteiger partial charge in [0.2, 0.25) is 5.91 Å². The molecule has 0 aliphatic rings. The molecule has 4 heteroatoms. The fourth-order valence-corrected chi connectivity index (χ4v) is 0.976. The van der Waals surface area contributed by atoms with Gasteiger partial charge in [0.25, 0.3) is 0 Å². The van der Waals surface area contributed by atoms with E-state index in [0.717, 1.165) is 5.56 Å². The first-order valence-electron chi connectivity index (χ1n) is 3.53. The van der Waals surface area contributed by atoms with E-state index < -0.39 is 0 Å². The van der Waals surface area contributed by atoms with Crippen molar-refractivity contribution in [3.05, 3.63) is 29.0 Å². The smallest absolute Gasteiger partial charge is 0.217 e. The van der Waals surface area contributed by atoms with E-state index in [-0.39, 0.29) is 5.91 Å². The molecule has 64 valence electrons. The van der Waals surface area contributed by atoms with Gasteiger partial charge in [-0.05, 0) is 17.7 Å². The lowest BCUT2D eigenvalue weighted by molar-refractivity contribution is -0.119. The molecule has 0 radical (unpaired) electrons. The molecular formula is C8H9ClN2O. The molecule has 3 nitrogen and oxygen atoms in total. The summed E-state index contributed by atoms with van der Waals surface area (Å²) < 4.78 is 0. The average Bonchev–Trinajstić information content (AvgIpc) is 2.01. The number of aromatic nitrogens is 1. The van der Waals surface area contributed by atoms with Gasteiger partial charge in [-0.3, -0.25) is 4.79 Å². The number of hydrogen-bond donors (Lipinski definition) is 1. The van der Waals surface area contributed by atoms with Crippen molar-refractivity contribution in [2.75, 3.05) is 0 Å². The maximum absolute atomic E-state index is 10.5. The number of halogens is 1. The van der Waals surface area contributed by atoms with Gasteiger partial charge in [0.05, 0.1) is 0 Å². The number of carbonyl (C=O) groups is 1. The molecule has 1 heterocycles. The summed E-state index contributed by atoms with van der Waals surface area (Å²) in [7, 11) is 0. The zero-order valence-electron chi connectivity index (χ0n) is 6.67. The summed E-state index contributed by atoms with van der Waals surface area (Å²) in [5.74, 6) is -0.0528. The molecule has 0 bridgehead atoms. The molecule has 0 aromatic carbocycles. The summed E-state index contributed by atoms with van der Waals surface area (Å²) in [6.45, 7) is 1.97. The molecule has 0 saturated heterocycles. The van der Waals surface area contributed by atoms with Crippen LogP contribution in [0.2, 0.25) is 5.15 Å². The summed E-state index contributed by atoms with van der Waals surface area (Å²) >= 11 is 5.64. The van der Waals surface area contributed by atoms with Crippen LogP contribution in [0.4, 0.5) is 0 Å². The number of carbonyl (C=O) groups excluding carboxylic acids is 1. The fraction of sp³-hybridized carbons (Fsp3) is 0.250. The standard InChI is InChI=1S/C8H9ClN2O/c1-6(12)11-5-7-2-3-10-8(9)4-7/h2-4H,5H2,1H3,(H,11,12). The molecule has 0 atom stereocenters. The Morgan fingerprint density at radius 2 is 2.50 bits per heavy atom. The molecule has 0 aliphatic heterocycles. The number of nitrogens with zero attached hydrogens (tertiary/aromatic N) is 1. The number of nitrogens with one attached hydrogen (secondary N) is 1. The van der Waals surface area contributed by atoms with Crippen LogP contribution in [0.25, 0.3) is 0 Å². The zero-order chi connectivity index (χ0) is 8.97.